The van der Waals surface area contributed by atoms with E-state index >= 15 is 0 Å². The summed E-state index contributed by atoms with van der Waals surface area (Å²) >= 11 is 0. The van der Waals surface area contributed by atoms with Crippen molar-refractivity contribution in [3.63, 3.8) is 0 Å². The van der Waals surface area contributed by atoms with E-state index in [2.05, 4.69) is 12.2 Å². The zero-order chi connectivity index (χ0) is 15.1. The molecule has 0 unspecified atom stereocenters. The molecule has 0 aliphatic heterocycles. The number of amides is 1. The van der Waals surface area contributed by atoms with Crippen molar-refractivity contribution in [3.8, 4) is 0 Å². The molecule has 1 rings (SSSR count). The van der Waals surface area contributed by atoms with E-state index in [0.717, 1.165) is 23.8 Å². The molecule has 0 saturated heterocycles. The molecule has 0 saturated carbocycles. The third-order valence-corrected chi connectivity index (χ3v) is 2.97. The first kappa shape index (κ1) is 15.9. The smallest absolute Gasteiger partial charge is 0.330 e. The van der Waals surface area contributed by atoms with Crippen molar-refractivity contribution in [3.05, 3.63) is 38.7 Å². The summed E-state index contributed by atoms with van der Waals surface area (Å²) in [5, 5.41) is 2.74. The van der Waals surface area contributed by atoms with Crippen LogP contribution in [0.15, 0.2) is 21.9 Å². The maximum atomic E-state index is 11.8. The second-order valence-corrected chi connectivity index (χ2v) is 4.67. The van der Waals surface area contributed by atoms with Crippen LogP contribution in [0.25, 0.3) is 6.08 Å². The lowest BCUT2D eigenvalue weighted by atomic mass is 10.2. The minimum absolute atomic E-state index is 0.239. The van der Waals surface area contributed by atoms with Crippen LogP contribution in [0.1, 0.15) is 31.7 Å². The number of unbranched alkanes of at least 4 members (excludes halogenated alkanes) is 2. The van der Waals surface area contributed by atoms with Crippen LogP contribution in [-0.4, -0.2) is 21.6 Å². The standard InChI is InChI=1S/C14H21N3O3/c1-4-5-6-9-15-12(18)8-7-11-10-16(2)14(20)17(3)13(11)19/h7-8,10H,4-6,9H2,1-3H3,(H,15,18)/b8-7+. The topological polar surface area (TPSA) is 73.1 Å². The van der Waals surface area contributed by atoms with Crippen molar-refractivity contribution in [2.75, 3.05) is 6.54 Å². The van der Waals surface area contributed by atoms with Gasteiger partial charge in [-0.2, -0.15) is 0 Å². The summed E-state index contributed by atoms with van der Waals surface area (Å²) in [7, 11) is 2.97. The molecule has 1 N–H and O–H groups in total. The van der Waals surface area contributed by atoms with Gasteiger partial charge >= 0.3 is 5.69 Å². The summed E-state index contributed by atoms with van der Waals surface area (Å²) < 4.78 is 2.32. The Morgan fingerprint density at radius 2 is 2.00 bits per heavy atom. The maximum Gasteiger partial charge on any atom is 0.330 e. The minimum Gasteiger partial charge on any atom is -0.353 e. The molecule has 0 aromatic carbocycles. The summed E-state index contributed by atoms with van der Waals surface area (Å²) in [5.74, 6) is -0.239. The Hall–Kier alpha value is -2.11. The van der Waals surface area contributed by atoms with Crippen molar-refractivity contribution >= 4 is 12.0 Å². The number of aryl methyl sites for hydroxylation is 1. The second kappa shape index (κ2) is 7.47. The first-order valence-corrected chi connectivity index (χ1v) is 6.70. The minimum atomic E-state index is -0.414. The van der Waals surface area contributed by atoms with Crippen LogP contribution < -0.4 is 16.6 Å². The monoisotopic (exact) mass is 279 g/mol. The summed E-state index contributed by atoms with van der Waals surface area (Å²) in [6.07, 6.45) is 7.28. The zero-order valence-corrected chi connectivity index (χ0v) is 12.2. The van der Waals surface area contributed by atoms with Gasteiger partial charge in [0, 0.05) is 32.9 Å². The number of hydrogen-bond donors (Lipinski definition) is 1. The fourth-order valence-corrected chi connectivity index (χ4v) is 1.76. The molecular weight excluding hydrogens is 258 g/mol. The van der Waals surface area contributed by atoms with E-state index < -0.39 is 11.2 Å². The van der Waals surface area contributed by atoms with Crippen LogP contribution in [0.4, 0.5) is 0 Å². The molecule has 0 radical (unpaired) electrons. The molecule has 0 bridgehead atoms. The van der Waals surface area contributed by atoms with Crippen LogP contribution in [0.5, 0.6) is 0 Å². The SMILES string of the molecule is CCCCCNC(=O)/C=C/c1cn(C)c(=O)n(C)c1=O. The van der Waals surface area contributed by atoms with Gasteiger partial charge in [-0.3, -0.25) is 14.2 Å². The van der Waals surface area contributed by atoms with Gasteiger partial charge in [0.1, 0.15) is 0 Å². The fraction of sp³-hybridized carbons (Fsp3) is 0.500. The Bertz CT molecular complexity index is 611. The van der Waals surface area contributed by atoms with E-state index in [9.17, 15) is 14.4 Å². The molecule has 0 atom stereocenters. The van der Waals surface area contributed by atoms with Gasteiger partial charge < -0.3 is 9.88 Å². The van der Waals surface area contributed by atoms with Crippen LogP contribution in [0.2, 0.25) is 0 Å². The Balaban J connectivity index is 2.74. The van der Waals surface area contributed by atoms with E-state index in [0.29, 0.717) is 12.1 Å². The molecule has 20 heavy (non-hydrogen) atoms. The highest BCUT2D eigenvalue weighted by atomic mass is 16.2. The average Bonchev–Trinajstić information content (AvgIpc) is 2.43. The van der Waals surface area contributed by atoms with E-state index in [1.165, 1.54) is 30.0 Å². The highest BCUT2D eigenvalue weighted by molar-refractivity contribution is 5.91. The van der Waals surface area contributed by atoms with Gasteiger partial charge in [-0.15, -0.1) is 0 Å². The van der Waals surface area contributed by atoms with E-state index in [1.54, 1.807) is 7.05 Å². The largest absolute Gasteiger partial charge is 0.353 e. The van der Waals surface area contributed by atoms with Crippen LogP contribution in [0, 0.1) is 0 Å². The Morgan fingerprint density at radius 3 is 2.65 bits per heavy atom. The number of carbonyl (C=O) groups excluding carboxylic acids is 1. The molecule has 1 amide bonds. The van der Waals surface area contributed by atoms with Crippen molar-refractivity contribution < 1.29 is 4.79 Å². The predicted octanol–water partition coefficient (Wildman–Crippen LogP) is 0.404. The van der Waals surface area contributed by atoms with Gasteiger partial charge in [0.05, 0.1) is 5.56 Å². The lowest BCUT2D eigenvalue weighted by Crippen LogP contribution is -2.37. The molecule has 6 heteroatoms. The van der Waals surface area contributed by atoms with Gasteiger partial charge in [-0.1, -0.05) is 19.8 Å². The Kier molecular flexibility index (Phi) is 5.96. The summed E-state index contributed by atoms with van der Waals surface area (Å²) in [5.41, 5.74) is -0.502. The highest BCUT2D eigenvalue weighted by Gasteiger charge is 2.04. The van der Waals surface area contributed by atoms with Crippen molar-refractivity contribution in [2.45, 2.75) is 26.2 Å². The van der Waals surface area contributed by atoms with Gasteiger partial charge in [-0.25, -0.2) is 4.79 Å². The lowest BCUT2D eigenvalue weighted by Gasteiger charge is -2.03. The predicted molar refractivity (Wildman–Crippen MR) is 78.5 cm³/mol. The van der Waals surface area contributed by atoms with Crippen molar-refractivity contribution in [1.82, 2.24) is 14.5 Å². The third kappa shape index (κ3) is 4.22. The molecular formula is C14H21N3O3. The Labute approximate surface area is 117 Å². The van der Waals surface area contributed by atoms with Gasteiger partial charge in [-0.05, 0) is 12.5 Å². The lowest BCUT2D eigenvalue weighted by molar-refractivity contribution is -0.116. The van der Waals surface area contributed by atoms with Crippen molar-refractivity contribution in [2.24, 2.45) is 14.1 Å². The number of carbonyl (C=O) groups is 1. The Morgan fingerprint density at radius 1 is 1.30 bits per heavy atom. The quantitative estimate of drug-likeness (QED) is 0.605. The van der Waals surface area contributed by atoms with Crippen LogP contribution >= 0.6 is 0 Å². The number of nitrogens with one attached hydrogen (secondary N) is 1. The van der Waals surface area contributed by atoms with Crippen LogP contribution in [-0.2, 0) is 18.9 Å². The third-order valence-electron chi connectivity index (χ3n) is 2.97. The van der Waals surface area contributed by atoms with E-state index in [-0.39, 0.29) is 5.91 Å². The molecule has 0 spiro atoms. The van der Waals surface area contributed by atoms with Gasteiger partial charge in [0.15, 0.2) is 0 Å². The fourth-order valence-electron chi connectivity index (χ4n) is 1.76. The van der Waals surface area contributed by atoms with Gasteiger partial charge in [0.2, 0.25) is 5.91 Å². The highest BCUT2D eigenvalue weighted by Crippen LogP contribution is 1.93. The van der Waals surface area contributed by atoms with Gasteiger partial charge in [0.25, 0.3) is 5.56 Å². The summed E-state index contributed by atoms with van der Waals surface area (Å²) in [6.45, 7) is 2.72. The first-order valence-electron chi connectivity index (χ1n) is 6.70. The molecule has 0 aliphatic rings. The molecule has 110 valence electrons. The molecule has 1 aromatic rings. The number of rotatable bonds is 6. The second-order valence-electron chi connectivity index (χ2n) is 4.67. The van der Waals surface area contributed by atoms with Crippen molar-refractivity contribution in [1.29, 1.82) is 0 Å². The summed E-state index contributed by atoms with van der Waals surface area (Å²) in [4.78, 5) is 34.9. The molecule has 1 aromatic heterocycles. The first-order chi connectivity index (χ1) is 9.47. The molecule has 0 fully saturated rings. The number of aromatic nitrogens is 2. The normalized spacial score (nSPS) is 10.9. The number of nitrogens with zero attached hydrogens (tertiary/aromatic N) is 2. The average molecular weight is 279 g/mol. The zero-order valence-electron chi connectivity index (χ0n) is 12.2. The van der Waals surface area contributed by atoms with E-state index in [1.807, 2.05) is 0 Å². The number of hydrogen-bond acceptors (Lipinski definition) is 3. The molecule has 0 aliphatic carbocycles. The molecule has 1 heterocycles. The van der Waals surface area contributed by atoms with E-state index in [4.69, 9.17) is 0 Å². The van der Waals surface area contributed by atoms with Crippen LogP contribution in [0.3, 0.4) is 0 Å². The molecule has 6 nitrogen and oxygen atoms in total. The maximum absolute atomic E-state index is 11.8. The summed E-state index contributed by atoms with van der Waals surface area (Å²) in [6, 6.07) is 0.